The number of ether oxygens (including phenoxy) is 2. The van der Waals surface area contributed by atoms with Crippen molar-refractivity contribution in [2.75, 3.05) is 49.4 Å². The van der Waals surface area contributed by atoms with E-state index in [4.69, 9.17) is 9.47 Å². The van der Waals surface area contributed by atoms with E-state index in [1.165, 1.54) is 0 Å². The quantitative estimate of drug-likeness (QED) is 0.677. The summed E-state index contributed by atoms with van der Waals surface area (Å²) < 4.78 is 35.0. The van der Waals surface area contributed by atoms with E-state index in [1.807, 2.05) is 48.5 Å². The molecule has 0 aliphatic carbocycles. The van der Waals surface area contributed by atoms with Crippen molar-refractivity contribution >= 4 is 21.2 Å². The van der Waals surface area contributed by atoms with Gasteiger partial charge in [-0.2, -0.15) is 0 Å². The number of anilines is 2. The average Bonchev–Trinajstić information content (AvgIpc) is 2.98. The maximum Gasteiger partial charge on any atom is 0.158 e. The van der Waals surface area contributed by atoms with Gasteiger partial charge >= 0.3 is 0 Å². The standard InChI is InChI=1S/C20H24N2O4S/c1-25-19-9-5-3-7-17(19)21-11-15-13-27(23,24)14-16(15)12-22-18-8-4-6-10-20(18)26-2/h3-10,21-22H,11-14H2,1-2H3. The molecular formula is C20H24N2O4S. The predicted molar refractivity (Wildman–Crippen MR) is 109 cm³/mol. The maximum atomic E-state index is 12.2. The van der Waals surface area contributed by atoms with Gasteiger partial charge in [-0.05, 0) is 35.4 Å². The molecule has 144 valence electrons. The topological polar surface area (TPSA) is 76.7 Å². The van der Waals surface area contributed by atoms with Crippen LogP contribution in [0.1, 0.15) is 0 Å². The van der Waals surface area contributed by atoms with Crippen LogP contribution in [0, 0.1) is 0 Å². The van der Waals surface area contributed by atoms with Gasteiger partial charge in [-0.25, -0.2) is 8.42 Å². The number of nitrogens with one attached hydrogen (secondary N) is 2. The second-order valence-electron chi connectivity index (χ2n) is 6.35. The second kappa shape index (κ2) is 8.35. The lowest BCUT2D eigenvalue weighted by Gasteiger charge is -2.14. The monoisotopic (exact) mass is 388 g/mol. The first kappa shape index (κ1) is 19.1. The number of rotatable bonds is 8. The van der Waals surface area contributed by atoms with E-state index < -0.39 is 9.84 Å². The Morgan fingerprint density at radius 3 is 1.59 bits per heavy atom. The van der Waals surface area contributed by atoms with Crippen LogP contribution < -0.4 is 20.1 Å². The van der Waals surface area contributed by atoms with Gasteiger partial charge in [0.05, 0.1) is 37.1 Å². The van der Waals surface area contributed by atoms with Gasteiger partial charge < -0.3 is 20.1 Å². The summed E-state index contributed by atoms with van der Waals surface area (Å²) in [5.74, 6) is 1.62. The highest BCUT2D eigenvalue weighted by Gasteiger charge is 2.27. The molecule has 1 aliphatic heterocycles. The van der Waals surface area contributed by atoms with E-state index in [1.54, 1.807) is 14.2 Å². The molecule has 0 amide bonds. The van der Waals surface area contributed by atoms with Crippen molar-refractivity contribution in [3.8, 4) is 11.5 Å². The van der Waals surface area contributed by atoms with Crippen molar-refractivity contribution in [2.45, 2.75) is 0 Å². The fraction of sp³-hybridized carbons (Fsp3) is 0.300. The number of methoxy groups -OCH3 is 2. The zero-order chi connectivity index (χ0) is 19.3. The first-order valence-electron chi connectivity index (χ1n) is 8.66. The minimum Gasteiger partial charge on any atom is -0.495 e. The number of para-hydroxylation sites is 4. The number of sulfone groups is 1. The molecule has 0 fully saturated rings. The summed E-state index contributed by atoms with van der Waals surface area (Å²) in [6, 6.07) is 15.2. The largest absolute Gasteiger partial charge is 0.495 e. The highest BCUT2D eigenvalue weighted by Crippen LogP contribution is 2.27. The van der Waals surface area contributed by atoms with E-state index >= 15 is 0 Å². The number of benzene rings is 2. The second-order valence-corrected chi connectivity index (χ2v) is 8.41. The normalized spacial score (nSPS) is 15.5. The molecule has 2 aromatic rings. The summed E-state index contributed by atoms with van der Waals surface area (Å²) >= 11 is 0. The van der Waals surface area contributed by atoms with Crippen molar-refractivity contribution in [2.24, 2.45) is 0 Å². The third-order valence-electron chi connectivity index (χ3n) is 4.49. The Morgan fingerprint density at radius 2 is 1.19 bits per heavy atom. The molecule has 0 bridgehead atoms. The van der Waals surface area contributed by atoms with Crippen LogP contribution in [0.25, 0.3) is 0 Å². The minimum atomic E-state index is -3.10. The molecule has 0 aromatic heterocycles. The summed E-state index contributed by atoms with van der Waals surface area (Å²) in [5.41, 5.74) is 3.47. The number of hydrogen-bond acceptors (Lipinski definition) is 6. The van der Waals surface area contributed by atoms with Crippen LogP contribution >= 0.6 is 0 Å². The Morgan fingerprint density at radius 1 is 0.778 bits per heavy atom. The van der Waals surface area contributed by atoms with Crippen molar-refractivity contribution in [1.82, 2.24) is 0 Å². The van der Waals surface area contributed by atoms with E-state index in [0.717, 1.165) is 34.0 Å². The first-order chi connectivity index (χ1) is 13.0. The van der Waals surface area contributed by atoms with Crippen LogP contribution in [-0.2, 0) is 9.84 Å². The third-order valence-corrected chi connectivity index (χ3v) is 6.06. The molecular weight excluding hydrogens is 364 g/mol. The van der Waals surface area contributed by atoms with Crippen LogP contribution in [0.3, 0.4) is 0 Å². The zero-order valence-corrected chi connectivity index (χ0v) is 16.3. The smallest absolute Gasteiger partial charge is 0.158 e. The molecule has 0 radical (unpaired) electrons. The Hall–Kier alpha value is -2.67. The van der Waals surface area contributed by atoms with Crippen LogP contribution in [-0.4, -0.2) is 47.2 Å². The zero-order valence-electron chi connectivity index (χ0n) is 15.5. The Balaban J connectivity index is 1.73. The fourth-order valence-electron chi connectivity index (χ4n) is 3.12. The summed E-state index contributed by atoms with van der Waals surface area (Å²) in [6.45, 7) is 0.922. The first-order valence-corrected chi connectivity index (χ1v) is 10.5. The van der Waals surface area contributed by atoms with Gasteiger partial charge in [0.25, 0.3) is 0 Å². The molecule has 2 aromatic carbocycles. The summed E-state index contributed by atoms with van der Waals surface area (Å²) in [6.07, 6.45) is 0. The molecule has 0 unspecified atom stereocenters. The molecule has 0 saturated heterocycles. The van der Waals surface area contributed by atoms with Crippen molar-refractivity contribution < 1.29 is 17.9 Å². The van der Waals surface area contributed by atoms with Crippen molar-refractivity contribution in [3.05, 3.63) is 59.7 Å². The molecule has 0 atom stereocenters. The van der Waals surface area contributed by atoms with Crippen LogP contribution in [0.5, 0.6) is 11.5 Å². The molecule has 2 N–H and O–H groups in total. The van der Waals surface area contributed by atoms with Crippen LogP contribution in [0.2, 0.25) is 0 Å². The molecule has 6 nitrogen and oxygen atoms in total. The van der Waals surface area contributed by atoms with Crippen molar-refractivity contribution in [1.29, 1.82) is 0 Å². The van der Waals surface area contributed by atoms with Gasteiger partial charge in [0.1, 0.15) is 11.5 Å². The molecule has 7 heteroatoms. The Bertz CT molecular complexity index is 869. The molecule has 1 heterocycles. The van der Waals surface area contributed by atoms with Gasteiger partial charge in [-0.3, -0.25) is 0 Å². The lowest BCUT2D eigenvalue weighted by atomic mass is 10.1. The van der Waals surface area contributed by atoms with E-state index in [-0.39, 0.29) is 11.5 Å². The highest BCUT2D eigenvalue weighted by atomic mass is 32.2. The molecule has 1 aliphatic rings. The summed E-state index contributed by atoms with van der Waals surface area (Å²) in [7, 11) is 0.126. The van der Waals surface area contributed by atoms with Crippen LogP contribution in [0.4, 0.5) is 11.4 Å². The molecule has 0 spiro atoms. The van der Waals surface area contributed by atoms with Crippen molar-refractivity contribution in [3.63, 3.8) is 0 Å². The maximum absolute atomic E-state index is 12.2. The van der Waals surface area contributed by atoms with Gasteiger partial charge in [-0.15, -0.1) is 0 Å². The minimum absolute atomic E-state index is 0.0814. The van der Waals surface area contributed by atoms with Crippen LogP contribution in [0.15, 0.2) is 59.7 Å². The average molecular weight is 388 g/mol. The van der Waals surface area contributed by atoms with Gasteiger partial charge in [0.2, 0.25) is 0 Å². The lowest BCUT2D eigenvalue weighted by molar-refractivity contribution is 0.416. The number of hydrogen-bond donors (Lipinski definition) is 2. The van der Waals surface area contributed by atoms with Gasteiger partial charge in [0.15, 0.2) is 9.84 Å². The van der Waals surface area contributed by atoms with E-state index in [9.17, 15) is 8.42 Å². The molecule has 3 rings (SSSR count). The fourth-order valence-corrected chi connectivity index (χ4v) is 4.90. The molecule has 0 saturated carbocycles. The Kier molecular flexibility index (Phi) is 5.91. The predicted octanol–water partition coefficient (Wildman–Crippen LogP) is 2.95. The van der Waals surface area contributed by atoms with E-state index in [0.29, 0.717) is 13.1 Å². The van der Waals surface area contributed by atoms with Gasteiger partial charge in [-0.1, -0.05) is 24.3 Å². The SMILES string of the molecule is COc1ccccc1NCC1=C(CNc2ccccc2OC)CS(=O)(=O)C1. The summed E-state index contributed by atoms with van der Waals surface area (Å²) in [4.78, 5) is 0. The third kappa shape index (κ3) is 4.74. The highest BCUT2D eigenvalue weighted by molar-refractivity contribution is 7.92. The summed E-state index contributed by atoms with van der Waals surface area (Å²) in [5, 5.41) is 6.59. The van der Waals surface area contributed by atoms with Gasteiger partial charge in [0, 0.05) is 13.1 Å². The lowest BCUT2D eigenvalue weighted by Crippen LogP contribution is -2.12. The van der Waals surface area contributed by atoms with E-state index in [2.05, 4.69) is 10.6 Å². The molecule has 27 heavy (non-hydrogen) atoms. The Labute approximate surface area is 160 Å².